The van der Waals surface area contributed by atoms with Gasteiger partial charge in [0, 0.05) is 11.1 Å². The zero-order chi connectivity index (χ0) is 22.2. The van der Waals surface area contributed by atoms with Crippen LogP contribution in [0, 0.1) is 6.92 Å². The number of nitrogens with zero attached hydrogens (tertiary/aromatic N) is 2. The fourth-order valence-corrected chi connectivity index (χ4v) is 6.64. The standard InChI is InChI=1S/C23H28N2O4S2/c1-14(2)16-4-6-17(7-5-16)29-18-8-10-23(11-9-18)25(20(13-31-23)22(27)28)21(26)19-12-30-15(3)24-19/h4-7,12,14,18,20H,8-11,13H2,1-3H3,(H,27,28)/t18?,20-,23?/m0/s1. The van der Waals surface area contributed by atoms with Crippen molar-refractivity contribution < 1.29 is 19.4 Å². The fraction of sp³-hybridized carbons (Fsp3) is 0.522. The molecule has 166 valence electrons. The molecule has 4 rings (SSSR count). The van der Waals surface area contributed by atoms with E-state index < -0.39 is 16.9 Å². The van der Waals surface area contributed by atoms with E-state index in [2.05, 4.69) is 31.0 Å². The Hall–Kier alpha value is -2.06. The molecule has 1 saturated carbocycles. The quantitative estimate of drug-likeness (QED) is 0.681. The molecule has 0 bridgehead atoms. The van der Waals surface area contributed by atoms with Crippen LogP contribution in [0.3, 0.4) is 0 Å². The van der Waals surface area contributed by atoms with E-state index in [9.17, 15) is 14.7 Å². The van der Waals surface area contributed by atoms with Crippen molar-refractivity contribution in [2.24, 2.45) is 0 Å². The maximum absolute atomic E-state index is 13.3. The average molecular weight is 461 g/mol. The fourth-order valence-electron chi connectivity index (χ4n) is 4.42. The molecule has 1 spiro atoms. The second-order valence-electron chi connectivity index (χ2n) is 8.58. The second-order valence-corrected chi connectivity index (χ2v) is 11.0. The van der Waals surface area contributed by atoms with E-state index in [1.54, 1.807) is 22.0 Å². The average Bonchev–Trinajstić information content (AvgIpc) is 3.34. The molecule has 6 nitrogen and oxygen atoms in total. The van der Waals surface area contributed by atoms with Gasteiger partial charge in [-0.05, 0) is 56.2 Å². The van der Waals surface area contributed by atoms with Crippen molar-refractivity contribution in [2.45, 2.75) is 69.4 Å². The number of carbonyl (C=O) groups excluding carboxylic acids is 1. The van der Waals surface area contributed by atoms with Gasteiger partial charge in [-0.1, -0.05) is 26.0 Å². The predicted molar refractivity (Wildman–Crippen MR) is 123 cm³/mol. The summed E-state index contributed by atoms with van der Waals surface area (Å²) in [5.74, 6) is 0.527. The number of carboxylic acid groups (broad SMARTS) is 1. The summed E-state index contributed by atoms with van der Waals surface area (Å²) in [6.07, 6.45) is 3.06. The lowest BCUT2D eigenvalue weighted by Crippen LogP contribution is -2.54. The van der Waals surface area contributed by atoms with E-state index in [0.717, 1.165) is 23.6 Å². The molecule has 0 radical (unpaired) electrons. The van der Waals surface area contributed by atoms with E-state index in [4.69, 9.17) is 4.74 Å². The number of ether oxygens (including phenoxy) is 1. The molecule has 1 aliphatic heterocycles. The van der Waals surface area contributed by atoms with Gasteiger partial charge in [-0.15, -0.1) is 23.1 Å². The molecule has 1 saturated heterocycles. The normalized spacial score (nSPS) is 25.9. The van der Waals surface area contributed by atoms with Gasteiger partial charge in [0.2, 0.25) is 0 Å². The van der Waals surface area contributed by atoms with Crippen LogP contribution in [0.2, 0.25) is 0 Å². The van der Waals surface area contributed by atoms with Gasteiger partial charge in [-0.3, -0.25) is 4.79 Å². The Labute approximate surface area is 191 Å². The van der Waals surface area contributed by atoms with Crippen LogP contribution in [-0.2, 0) is 4.79 Å². The summed E-state index contributed by atoms with van der Waals surface area (Å²) in [6.45, 7) is 6.18. The zero-order valence-corrected chi connectivity index (χ0v) is 19.7. The summed E-state index contributed by atoms with van der Waals surface area (Å²) < 4.78 is 6.21. The van der Waals surface area contributed by atoms with Gasteiger partial charge in [0.05, 0.1) is 16.0 Å². The van der Waals surface area contributed by atoms with Crippen molar-refractivity contribution in [1.29, 1.82) is 0 Å². The number of amides is 1. The molecule has 31 heavy (non-hydrogen) atoms. The third kappa shape index (κ3) is 4.46. The molecular formula is C23H28N2O4S2. The van der Waals surface area contributed by atoms with Crippen molar-refractivity contribution in [2.75, 3.05) is 5.75 Å². The van der Waals surface area contributed by atoms with Gasteiger partial charge in [-0.2, -0.15) is 0 Å². The molecular weight excluding hydrogens is 432 g/mol. The topological polar surface area (TPSA) is 79.7 Å². The molecule has 1 aromatic heterocycles. The van der Waals surface area contributed by atoms with Crippen molar-refractivity contribution in [1.82, 2.24) is 9.88 Å². The van der Waals surface area contributed by atoms with Crippen LogP contribution in [-0.4, -0.2) is 49.6 Å². The molecule has 2 heterocycles. The summed E-state index contributed by atoms with van der Waals surface area (Å²) >= 11 is 3.01. The number of hydrogen-bond acceptors (Lipinski definition) is 6. The van der Waals surface area contributed by atoms with Crippen molar-refractivity contribution in [3.63, 3.8) is 0 Å². The summed E-state index contributed by atoms with van der Waals surface area (Å²) in [4.78, 5) is 30.6. The summed E-state index contributed by atoms with van der Waals surface area (Å²) in [5, 5.41) is 12.3. The third-order valence-electron chi connectivity index (χ3n) is 6.17. The number of rotatable bonds is 5. The Morgan fingerprint density at radius 3 is 2.45 bits per heavy atom. The van der Waals surface area contributed by atoms with E-state index in [1.807, 2.05) is 19.1 Å². The highest BCUT2D eigenvalue weighted by Gasteiger charge is 2.54. The maximum atomic E-state index is 13.3. The van der Waals surface area contributed by atoms with Crippen LogP contribution >= 0.6 is 23.1 Å². The van der Waals surface area contributed by atoms with Gasteiger partial charge in [0.1, 0.15) is 17.5 Å². The third-order valence-corrected chi connectivity index (χ3v) is 8.56. The smallest absolute Gasteiger partial charge is 0.327 e. The van der Waals surface area contributed by atoms with Crippen LogP contribution in [0.5, 0.6) is 5.75 Å². The van der Waals surface area contributed by atoms with E-state index >= 15 is 0 Å². The highest BCUT2D eigenvalue weighted by molar-refractivity contribution is 8.01. The largest absolute Gasteiger partial charge is 0.490 e. The maximum Gasteiger partial charge on any atom is 0.327 e. The number of thiazole rings is 1. The second kappa shape index (κ2) is 8.82. The first kappa shape index (κ1) is 22.1. The predicted octanol–water partition coefficient (Wildman–Crippen LogP) is 4.94. The number of thioether (sulfide) groups is 1. The van der Waals surface area contributed by atoms with Gasteiger partial charge >= 0.3 is 5.97 Å². The zero-order valence-electron chi connectivity index (χ0n) is 18.0. The van der Waals surface area contributed by atoms with Crippen LogP contribution in [0.4, 0.5) is 0 Å². The first-order valence-corrected chi connectivity index (χ1v) is 12.5. The Bertz CT molecular complexity index is 949. The molecule has 1 N–H and O–H groups in total. The SMILES string of the molecule is Cc1nc(C(=O)N2[C@H](C(=O)O)CSC23CCC(Oc2ccc(C(C)C)cc2)CC3)cs1. The molecule has 2 aliphatic rings. The number of carboxylic acids is 1. The van der Waals surface area contributed by atoms with Gasteiger partial charge in [0.15, 0.2) is 0 Å². The molecule has 8 heteroatoms. The Morgan fingerprint density at radius 2 is 1.90 bits per heavy atom. The molecule has 1 atom stereocenters. The van der Waals surface area contributed by atoms with Gasteiger partial charge in [-0.25, -0.2) is 9.78 Å². The number of benzene rings is 1. The molecule has 0 unspecified atom stereocenters. The van der Waals surface area contributed by atoms with Crippen LogP contribution in [0.1, 0.15) is 66.5 Å². The van der Waals surface area contributed by atoms with Gasteiger partial charge < -0.3 is 14.7 Å². The number of aromatic nitrogens is 1. The molecule has 1 aliphatic carbocycles. The van der Waals surface area contributed by atoms with Crippen LogP contribution < -0.4 is 4.74 Å². The van der Waals surface area contributed by atoms with E-state index in [1.165, 1.54) is 16.9 Å². The summed E-state index contributed by atoms with van der Waals surface area (Å²) in [7, 11) is 0. The minimum absolute atomic E-state index is 0.0680. The van der Waals surface area contributed by atoms with Crippen molar-refractivity contribution >= 4 is 35.0 Å². The molecule has 2 aromatic rings. The van der Waals surface area contributed by atoms with Crippen molar-refractivity contribution in [3.8, 4) is 5.75 Å². The van der Waals surface area contributed by atoms with E-state index in [0.29, 0.717) is 30.2 Å². The number of aliphatic carboxylic acids is 1. The number of hydrogen-bond donors (Lipinski definition) is 1. The highest BCUT2D eigenvalue weighted by atomic mass is 32.2. The first-order valence-electron chi connectivity index (χ1n) is 10.7. The Morgan fingerprint density at radius 1 is 1.23 bits per heavy atom. The van der Waals surface area contributed by atoms with Gasteiger partial charge in [0.25, 0.3) is 5.91 Å². The minimum atomic E-state index is -0.951. The number of aryl methyl sites for hydroxylation is 1. The molecule has 2 fully saturated rings. The molecule has 1 aromatic carbocycles. The summed E-state index contributed by atoms with van der Waals surface area (Å²) in [5.41, 5.74) is 1.63. The number of carbonyl (C=O) groups is 2. The monoisotopic (exact) mass is 460 g/mol. The lowest BCUT2D eigenvalue weighted by Gasteiger charge is -2.43. The van der Waals surface area contributed by atoms with Crippen LogP contribution in [0.25, 0.3) is 0 Å². The highest BCUT2D eigenvalue weighted by Crippen LogP contribution is 2.50. The lowest BCUT2D eigenvalue weighted by molar-refractivity contribution is -0.142. The van der Waals surface area contributed by atoms with Crippen molar-refractivity contribution in [3.05, 3.63) is 45.9 Å². The van der Waals surface area contributed by atoms with Crippen LogP contribution in [0.15, 0.2) is 29.6 Å². The first-order chi connectivity index (χ1) is 14.8. The Kier molecular flexibility index (Phi) is 6.30. The summed E-state index contributed by atoms with van der Waals surface area (Å²) in [6, 6.07) is 7.42. The lowest BCUT2D eigenvalue weighted by atomic mass is 9.90. The molecule has 1 amide bonds. The Balaban J connectivity index is 1.47. The van der Waals surface area contributed by atoms with E-state index in [-0.39, 0.29) is 12.0 Å². The minimum Gasteiger partial charge on any atom is -0.490 e.